The Hall–Kier alpha value is -2.92. The van der Waals surface area contributed by atoms with Crippen LogP contribution < -0.4 is 14.8 Å². The molecule has 1 fully saturated rings. The molecule has 210 valence electrons. The van der Waals surface area contributed by atoms with Crippen molar-refractivity contribution in [1.82, 2.24) is 15.3 Å². The maximum absolute atomic E-state index is 13.4. The van der Waals surface area contributed by atoms with Crippen LogP contribution in [0.2, 0.25) is 0 Å². The van der Waals surface area contributed by atoms with Gasteiger partial charge in [0.15, 0.2) is 0 Å². The molecule has 1 aliphatic rings. The summed E-state index contributed by atoms with van der Waals surface area (Å²) in [5, 5.41) is 3.37. The first-order chi connectivity index (χ1) is 17.8. The maximum Gasteiger partial charge on any atom is 0.417 e. The highest BCUT2D eigenvalue weighted by molar-refractivity contribution is 5.77. The fraction of sp³-hybridized carbons (Fsp3) is 0.593. The van der Waals surface area contributed by atoms with E-state index in [4.69, 9.17) is 18.9 Å². The Morgan fingerprint density at radius 3 is 2.45 bits per heavy atom. The molecule has 2 aromatic heterocycles. The Bertz CT molecular complexity index is 1100. The third-order valence-corrected chi connectivity index (χ3v) is 6.30. The van der Waals surface area contributed by atoms with Gasteiger partial charge in [0.2, 0.25) is 11.8 Å². The van der Waals surface area contributed by atoms with Crippen molar-refractivity contribution in [3.05, 3.63) is 47.3 Å². The number of nitrogens with one attached hydrogen (secondary N) is 1. The SMILES string of the molecule is CCOC(=O)[C@H]1N[C@@H](c2cccnc2OC(C)C)[C@@H](OCc2cc(C(F)(F)F)cnc2OC)[C@@H]1C(C)(C)C. The van der Waals surface area contributed by atoms with Crippen molar-refractivity contribution in [1.29, 1.82) is 0 Å². The van der Waals surface area contributed by atoms with E-state index in [0.717, 1.165) is 12.3 Å². The summed E-state index contributed by atoms with van der Waals surface area (Å²) in [5.74, 6) is -0.440. The van der Waals surface area contributed by atoms with Crippen molar-refractivity contribution in [2.24, 2.45) is 11.3 Å². The van der Waals surface area contributed by atoms with Gasteiger partial charge < -0.3 is 18.9 Å². The van der Waals surface area contributed by atoms with Crippen molar-refractivity contribution >= 4 is 5.97 Å². The quantitative estimate of drug-likeness (QED) is 0.440. The Morgan fingerprint density at radius 2 is 1.87 bits per heavy atom. The van der Waals surface area contributed by atoms with E-state index in [9.17, 15) is 18.0 Å². The molecule has 3 rings (SSSR count). The highest BCUT2D eigenvalue weighted by Gasteiger charge is 2.53. The van der Waals surface area contributed by atoms with E-state index in [1.54, 1.807) is 19.2 Å². The highest BCUT2D eigenvalue weighted by atomic mass is 19.4. The average Bonchev–Trinajstić information content (AvgIpc) is 3.22. The molecular weight excluding hydrogens is 503 g/mol. The standard InChI is InChI=1S/C27H36F3N3O5/c1-8-36-25(34)21-19(26(4,5)6)22(20(33-21)18-10-9-11-31-24(18)38-15(2)3)37-14-16-12-17(27(28,29)30)13-32-23(16)35-7/h9-13,15,19-22,33H,8,14H2,1-7H3/t19-,20+,21+,22+/m1/s1. The van der Waals surface area contributed by atoms with Crippen molar-refractivity contribution in [2.75, 3.05) is 13.7 Å². The van der Waals surface area contributed by atoms with Crippen LogP contribution in [0.25, 0.3) is 0 Å². The van der Waals surface area contributed by atoms with Crippen molar-refractivity contribution in [3.63, 3.8) is 0 Å². The predicted molar refractivity (Wildman–Crippen MR) is 134 cm³/mol. The fourth-order valence-corrected chi connectivity index (χ4v) is 4.78. The zero-order valence-electron chi connectivity index (χ0n) is 22.8. The molecule has 0 spiro atoms. The van der Waals surface area contributed by atoms with E-state index in [-0.39, 0.29) is 30.8 Å². The van der Waals surface area contributed by atoms with Crippen molar-refractivity contribution in [3.8, 4) is 11.8 Å². The molecule has 0 radical (unpaired) electrons. The second kappa shape index (κ2) is 11.9. The van der Waals surface area contributed by atoms with Crippen LogP contribution in [-0.2, 0) is 27.1 Å². The number of carbonyl (C=O) groups is 1. The normalized spacial score (nSPS) is 22.0. The summed E-state index contributed by atoms with van der Waals surface area (Å²) in [6, 6.07) is 3.25. The second-order valence-corrected chi connectivity index (χ2v) is 10.5. The minimum atomic E-state index is -4.58. The van der Waals surface area contributed by atoms with Gasteiger partial charge in [0, 0.05) is 29.4 Å². The molecule has 1 N–H and O–H groups in total. The molecule has 0 aromatic carbocycles. The number of halogens is 3. The molecule has 0 saturated carbocycles. The number of pyridine rings is 2. The number of nitrogens with zero attached hydrogens (tertiary/aromatic N) is 2. The number of aromatic nitrogens is 2. The summed E-state index contributed by atoms with van der Waals surface area (Å²) in [5.41, 5.74) is -0.560. The van der Waals surface area contributed by atoms with E-state index >= 15 is 0 Å². The third kappa shape index (κ3) is 6.74. The number of alkyl halides is 3. The highest BCUT2D eigenvalue weighted by Crippen LogP contribution is 2.46. The van der Waals surface area contributed by atoms with Crippen LogP contribution >= 0.6 is 0 Å². The third-order valence-electron chi connectivity index (χ3n) is 6.30. The molecule has 0 aliphatic carbocycles. The van der Waals surface area contributed by atoms with Gasteiger partial charge in [0.1, 0.15) is 6.04 Å². The first kappa shape index (κ1) is 29.6. The van der Waals surface area contributed by atoms with Gasteiger partial charge >= 0.3 is 12.1 Å². The minimum Gasteiger partial charge on any atom is -0.481 e. The van der Waals surface area contributed by atoms with Gasteiger partial charge in [-0.3, -0.25) is 10.1 Å². The zero-order valence-corrected chi connectivity index (χ0v) is 22.8. The second-order valence-electron chi connectivity index (χ2n) is 10.5. The number of methoxy groups -OCH3 is 1. The lowest BCUT2D eigenvalue weighted by Gasteiger charge is -2.35. The van der Waals surface area contributed by atoms with Crippen molar-refractivity contribution < 1.29 is 36.9 Å². The van der Waals surface area contributed by atoms with Gasteiger partial charge in [-0.2, -0.15) is 13.2 Å². The Balaban J connectivity index is 2.07. The largest absolute Gasteiger partial charge is 0.481 e. The summed E-state index contributed by atoms with van der Waals surface area (Å²) < 4.78 is 63.1. The fourth-order valence-electron chi connectivity index (χ4n) is 4.78. The first-order valence-electron chi connectivity index (χ1n) is 12.5. The molecule has 0 bridgehead atoms. The van der Waals surface area contributed by atoms with E-state index in [1.165, 1.54) is 7.11 Å². The van der Waals surface area contributed by atoms with Crippen LogP contribution in [0, 0.1) is 11.3 Å². The summed E-state index contributed by atoms with van der Waals surface area (Å²) in [4.78, 5) is 21.3. The van der Waals surface area contributed by atoms with E-state index < -0.39 is 47.2 Å². The van der Waals surface area contributed by atoms with Crippen LogP contribution in [0.15, 0.2) is 30.6 Å². The first-order valence-corrected chi connectivity index (χ1v) is 12.5. The topological polar surface area (TPSA) is 91.8 Å². The minimum absolute atomic E-state index is 0.0277. The molecule has 0 unspecified atom stereocenters. The van der Waals surface area contributed by atoms with Gasteiger partial charge in [-0.15, -0.1) is 0 Å². The zero-order chi connectivity index (χ0) is 28.3. The number of hydrogen-bond donors (Lipinski definition) is 1. The monoisotopic (exact) mass is 539 g/mol. The summed E-state index contributed by atoms with van der Waals surface area (Å²) in [6.45, 7) is 11.4. The smallest absolute Gasteiger partial charge is 0.417 e. The number of rotatable bonds is 9. The molecule has 11 heteroatoms. The van der Waals surface area contributed by atoms with Crippen LogP contribution in [0.5, 0.6) is 11.8 Å². The predicted octanol–water partition coefficient (Wildman–Crippen LogP) is 5.11. The maximum atomic E-state index is 13.4. The van der Waals surface area contributed by atoms with E-state index in [2.05, 4.69) is 15.3 Å². The number of ether oxygens (including phenoxy) is 4. The Labute approximate surface area is 221 Å². The molecule has 2 aromatic rings. The number of esters is 1. The van der Waals surface area contributed by atoms with Gasteiger partial charge in [-0.05, 0) is 38.3 Å². The lowest BCUT2D eigenvalue weighted by atomic mass is 9.73. The van der Waals surface area contributed by atoms with E-state index in [1.807, 2.05) is 40.7 Å². The molecule has 0 amide bonds. The molecule has 1 aliphatic heterocycles. The van der Waals surface area contributed by atoms with Crippen LogP contribution in [-0.4, -0.2) is 47.9 Å². The number of carbonyl (C=O) groups excluding carboxylic acids is 1. The van der Waals surface area contributed by atoms with Gasteiger partial charge in [-0.1, -0.05) is 26.8 Å². The molecular formula is C27H36F3N3O5. The van der Waals surface area contributed by atoms with E-state index in [0.29, 0.717) is 11.4 Å². The van der Waals surface area contributed by atoms with Gasteiger partial charge in [0.05, 0.1) is 44.1 Å². The van der Waals surface area contributed by atoms with Crippen LogP contribution in [0.4, 0.5) is 13.2 Å². The molecule has 3 heterocycles. The summed E-state index contributed by atoms with van der Waals surface area (Å²) in [6.07, 6.45) is -3.07. The molecule has 4 atom stereocenters. The lowest BCUT2D eigenvalue weighted by Crippen LogP contribution is -2.44. The number of hydrogen-bond acceptors (Lipinski definition) is 8. The summed E-state index contributed by atoms with van der Waals surface area (Å²) >= 11 is 0. The molecule has 1 saturated heterocycles. The average molecular weight is 540 g/mol. The van der Waals surface area contributed by atoms with Crippen molar-refractivity contribution in [2.45, 2.75) is 78.6 Å². The molecule has 38 heavy (non-hydrogen) atoms. The van der Waals surface area contributed by atoms with Crippen LogP contribution in [0.1, 0.15) is 64.3 Å². The lowest BCUT2D eigenvalue weighted by molar-refractivity contribution is -0.148. The Morgan fingerprint density at radius 1 is 1.16 bits per heavy atom. The van der Waals surface area contributed by atoms with Crippen LogP contribution in [0.3, 0.4) is 0 Å². The van der Waals surface area contributed by atoms with Gasteiger partial charge in [-0.25, -0.2) is 9.97 Å². The molecule has 8 nitrogen and oxygen atoms in total. The Kier molecular flexibility index (Phi) is 9.25. The summed E-state index contributed by atoms with van der Waals surface area (Å²) in [7, 11) is 1.33. The van der Waals surface area contributed by atoms with Gasteiger partial charge in [0.25, 0.3) is 0 Å².